The number of pyridine rings is 1. The van der Waals surface area contributed by atoms with Crippen LogP contribution in [0.2, 0.25) is 0 Å². The number of hydrogen-bond acceptors (Lipinski definition) is 3. The van der Waals surface area contributed by atoms with Gasteiger partial charge < -0.3 is 5.32 Å². The number of amides is 1. The Bertz CT molecular complexity index is 637. The Morgan fingerprint density at radius 2 is 2.00 bits per heavy atom. The Kier molecular flexibility index (Phi) is 2.81. The van der Waals surface area contributed by atoms with E-state index in [1.54, 1.807) is 6.20 Å². The minimum Gasteiger partial charge on any atom is -0.310 e. The van der Waals surface area contributed by atoms with Gasteiger partial charge in [-0.25, -0.2) is 4.98 Å². The third kappa shape index (κ3) is 1.59. The summed E-state index contributed by atoms with van der Waals surface area (Å²) in [5.41, 5.74) is -0.346. The molecule has 1 heterocycles. The van der Waals surface area contributed by atoms with E-state index in [1.165, 1.54) is 0 Å². The van der Waals surface area contributed by atoms with Gasteiger partial charge in [0.1, 0.15) is 11.6 Å². The van der Waals surface area contributed by atoms with Gasteiger partial charge in [-0.05, 0) is 36.8 Å². The van der Waals surface area contributed by atoms with Crippen LogP contribution >= 0.6 is 0 Å². The second kappa shape index (κ2) is 4.15. The van der Waals surface area contributed by atoms with Crippen molar-refractivity contribution in [3.63, 3.8) is 0 Å². The molecule has 0 aromatic carbocycles. The summed E-state index contributed by atoms with van der Waals surface area (Å²) in [4.78, 5) is 29.6. The summed E-state index contributed by atoms with van der Waals surface area (Å²) in [5, 5.41) is 2.96. The number of Topliss-reactive ketones (excluding diaryl/α,β-unsaturated/α-hetero) is 1. The predicted octanol–water partition coefficient (Wildman–Crippen LogP) is 3.11. The van der Waals surface area contributed by atoms with Crippen molar-refractivity contribution in [2.45, 2.75) is 47.0 Å². The molecule has 1 amide bonds. The molecule has 0 aliphatic heterocycles. The highest BCUT2D eigenvalue weighted by Gasteiger charge is 2.72. The fourth-order valence-electron chi connectivity index (χ4n) is 4.20. The first kappa shape index (κ1) is 14.2. The number of nitrogens with one attached hydrogen (secondary N) is 1. The van der Waals surface area contributed by atoms with Gasteiger partial charge in [0.15, 0.2) is 0 Å². The number of nitrogens with zero attached hydrogens (tertiary/aromatic N) is 1. The van der Waals surface area contributed by atoms with Gasteiger partial charge in [-0.3, -0.25) is 9.59 Å². The first-order chi connectivity index (χ1) is 9.74. The number of anilines is 1. The molecule has 3 rings (SSSR count). The van der Waals surface area contributed by atoms with Crippen LogP contribution in [0.15, 0.2) is 18.3 Å². The van der Waals surface area contributed by atoms with Crippen molar-refractivity contribution in [1.82, 2.24) is 4.98 Å². The van der Waals surface area contributed by atoms with E-state index in [1.807, 2.05) is 26.0 Å². The minimum absolute atomic E-state index is 0.0520. The summed E-state index contributed by atoms with van der Waals surface area (Å²) in [6, 6.07) is 3.77. The number of carbonyl (C=O) groups excluding carboxylic acids is 2. The fraction of sp³-hybridized carbons (Fsp3) is 0.588. The summed E-state index contributed by atoms with van der Waals surface area (Å²) in [7, 11) is 0. The number of aromatic nitrogens is 1. The lowest BCUT2D eigenvalue weighted by Gasteiger charge is -2.38. The monoisotopic (exact) mass is 286 g/mol. The smallest absolute Gasteiger partial charge is 0.232 e. The number of carbonyl (C=O) groups is 2. The molecule has 112 valence electrons. The Labute approximate surface area is 125 Å². The zero-order valence-electron chi connectivity index (χ0n) is 13.1. The molecule has 2 fully saturated rings. The normalized spacial score (nSPS) is 33.2. The molecular weight excluding hydrogens is 264 g/mol. The van der Waals surface area contributed by atoms with E-state index in [4.69, 9.17) is 0 Å². The van der Waals surface area contributed by atoms with Crippen molar-refractivity contribution in [3.05, 3.63) is 23.9 Å². The van der Waals surface area contributed by atoms with Gasteiger partial charge in [0.25, 0.3) is 0 Å². The van der Waals surface area contributed by atoms with E-state index in [0.29, 0.717) is 12.2 Å². The molecule has 1 aromatic rings. The van der Waals surface area contributed by atoms with E-state index in [0.717, 1.165) is 18.4 Å². The van der Waals surface area contributed by atoms with Crippen LogP contribution in [0.25, 0.3) is 0 Å². The van der Waals surface area contributed by atoms with Crippen molar-refractivity contribution in [3.8, 4) is 0 Å². The van der Waals surface area contributed by atoms with Crippen molar-refractivity contribution in [2.24, 2.45) is 16.2 Å². The lowest BCUT2D eigenvalue weighted by atomic mass is 9.64. The van der Waals surface area contributed by atoms with E-state index < -0.39 is 5.41 Å². The highest BCUT2D eigenvalue weighted by molar-refractivity contribution is 6.04. The van der Waals surface area contributed by atoms with Crippen LogP contribution in [0.4, 0.5) is 5.82 Å². The average molecular weight is 286 g/mol. The third-order valence-corrected chi connectivity index (χ3v) is 6.38. The standard InChI is InChI=1S/C17H22N2O2/c1-11-6-5-9-18-13(11)19-14(21)17-8-7-16(4,12(20)10-17)15(17,2)3/h5-6,9H,7-8,10H2,1-4H3,(H,18,19,21). The van der Waals surface area contributed by atoms with Crippen LogP contribution in [-0.2, 0) is 9.59 Å². The van der Waals surface area contributed by atoms with Crippen LogP contribution in [0.1, 0.15) is 45.6 Å². The molecule has 4 heteroatoms. The Morgan fingerprint density at radius 1 is 1.29 bits per heavy atom. The van der Waals surface area contributed by atoms with Gasteiger partial charge in [-0.2, -0.15) is 0 Å². The number of rotatable bonds is 2. The molecule has 2 aliphatic rings. The van der Waals surface area contributed by atoms with Crippen LogP contribution in [-0.4, -0.2) is 16.7 Å². The van der Waals surface area contributed by atoms with E-state index in [2.05, 4.69) is 24.1 Å². The topological polar surface area (TPSA) is 59.1 Å². The van der Waals surface area contributed by atoms with Gasteiger partial charge in [0, 0.05) is 18.0 Å². The first-order valence-electron chi connectivity index (χ1n) is 7.51. The molecule has 2 unspecified atom stereocenters. The fourth-order valence-corrected chi connectivity index (χ4v) is 4.20. The molecule has 2 bridgehead atoms. The maximum Gasteiger partial charge on any atom is 0.232 e. The SMILES string of the molecule is Cc1cccnc1NC(=O)C12CCC(C)(C(=O)C1)C2(C)C. The number of hydrogen-bond donors (Lipinski definition) is 1. The van der Waals surface area contributed by atoms with Crippen LogP contribution in [0.5, 0.6) is 0 Å². The summed E-state index contributed by atoms with van der Waals surface area (Å²) in [6.45, 7) is 8.07. The highest BCUT2D eigenvalue weighted by Crippen LogP contribution is 2.70. The quantitative estimate of drug-likeness (QED) is 0.908. The Hall–Kier alpha value is -1.71. The van der Waals surface area contributed by atoms with Crippen LogP contribution in [0.3, 0.4) is 0 Å². The third-order valence-electron chi connectivity index (χ3n) is 6.38. The number of fused-ring (bicyclic) bond motifs is 2. The molecule has 2 saturated carbocycles. The van der Waals surface area contributed by atoms with E-state index >= 15 is 0 Å². The van der Waals surface area contributed by atoms with Crippen molar-refractivity contribution >= 4 is 17.5 Å². The summed E-state index contributed by atoms with van der Waals surface area (Å²) in [5.74, 6) is 0.774. The number of ketones is 1. The molecule has 2 atom stereocenters. The maximum atomic E-state index is 12.9. The molecule has 0 spiro atoms. The first-order valence-corrected chi connectivity index (χ1v) is 7.51. The summed E-state index contributed by atoms with van der Waals surface area (Å²) in [6.07, 6.45) is 3.60. The van der Waals surface area contributed by atoms with Gasteiger partial charge in [0.05, 0.1) is 5.41 Å². The van der Waals surface area contributed by atoms with E-state index in [-0.39, 0.29) is 22.5 Å². The molecule has 1 aromatic heterocycles. The van der Waals surface area contributed by atoms with Gasteiger partial charge in [0.2, 0.25) is 5.91 Å². The Balaban J connectivity index is 1.96. The zero-order valence-corrected chi connectivity index (χ0v) is 13.1. The molecule has 21 heavy (non-hydrogen) atoms. The summed E-state index contributed by atoms with van der Waals surface area (Å²) < 4.78 is 0. The molecule has 1 N–H and O–H groups in total. The number of aryl methyl sites for hydroxylation is 1. The van der Waals surface area contributed by atoms with E-state index in [9.17, 15) is 9.59 Å². The van der Waals surface area contributed by atoms with Gasteiger partial charge in [-0.15, -0.1) is 0 Å². The molecule has 2 aliphatic carbocycles. The van der Waals surface area contributed by atoms with Gasteiger partial charge in [-0.1, -0.05) is 26.8 Å². The molecule has 0 radical (unpaired) electrons. The largest absolute Gasteiger partial charge is 0.310 e. The highest BCUT2D eigenvalue weighted by atomic mass is 16.2. The van der Waals surface area contributed by atoms with Crippen molar-refractivity contribution in [1.29, 1.82) is 0 Å². The predicted molar refractivity (Wildman–Crippen MR) is 80.8 cm³/mol. The molecular formula is C17H22N2O2. The van der Waals surface area contributed by atoms with Crippen molar-refractivity contribution < 1.29 is 9.59 Å². The average Bonchev–Trinajstić information content (AvgIpc) is 2.72. The zero-order chi connectivity index (χ0) is 15.5. The second-order valence-electron chi connectivity index (χ2n) is 7.26. The molecule has 0 saturated heterocycles. The maximum absolute atomic E-state index is 12.9. The molecule has 4 nitrogen and oxygen atoms in total. The van der Waals surface area contributed by atoms with Gasteiger partial charge >= 0.3 is 0 Å². The second-order valence-corrected chi connectivity index (χ2v) is 7.26. The lowest BCUT2D eigenvalue weighted by Crippen LogP contribution is -2.43. The lowest BCUT2D eigenvalue weighted by molar-refractivity contribution is -0.131. The Morgan fingerprint density at radius 3 is 2.52 bits per heavy atom. The summed E-state index contributed by atoms with van der Waals surface area (Å²) >= 11 is 0. The minimum atomic E-state index is -0.594. The van der Waals surface area contributed by atoms with Crippen molar-refractivity contribution in [2.75, 3.05) is 5.32 Å². The van der Waals surface area contributed by atoms with Crippen LogP contribution in [0, 0.1) is 23.2 Å². The van der Waals surface area contributed by atoms with Crippen LogP contribution < -0.4 is 5.32 Å².